The van der Waals surface area contributed by atoms with Crippen LogP contribution in [-0.4, -0.2) is 29.7 Å². The molecule has 2 aromatic rings. The molecule has 0 aliphatic carbocycles. The van der Waals surface area contributed by atoms with Gasteiger partial charge in [0.05, 0.1) is 12.8 Å². The second-order valence-electron chi connectivity index (χ2n) is 6.33. The van der Waals surface area contributed by atoms with E-state index >= 15 is 0 Å². The number of nitrogens with zero attached hydrogens (tertiary/aromatic N) is 3. The van der Waals surface area contributed by atoms with Gasteiger partial charge in [-0.1, -0.05) is 12.1 Å². The van der Waals surface area contributed by atoms with Crippen LogP contribution < -0.4 is 14.4 Å². The summed E-state index contributed by atoms with van der Waals surface area (Å²) in [6.07, 6.45) is -3.87. The average molecular weight is 355 g/mol. The first-order chi connectivity index (χ1) is 11.5. The third kappa shape index (κ3) is 4.52. The number of hydrogen-bond donors (Lipinski definition) is 0. The molecule has 0 aliphatic heterocycles. The van der Waals surface area contributed by atoms with Gasteiger partial charge in [0.2, 0.25) is 0 Å². The van der Waals surface area contributed by atoms with Gasteiger partial charge in [0.1, 0.15) is 16.9 Å². The van der Waals surface area contributed by atoms with Gasteiger partial charge >= 0.3 is 12.2 Å². The van der Waals surface area contributed by atoms with Crippen LogP contribution >= 0.6 is 0 Å². The summed E-state index contributed by atoms with van der Waals surface area (Å²) in [4.78, 5) is 9.00. The molecule has 0 amide bonds. The molecule has 0 saturated heterocycles. The molecule has 0 fully saturated rings. The first-order valence-electron chi connectivity index (χ1n) is 7.53. The summed E-state index contributed by atoms with van der Waals surface area (Å²) in [6.45, 7) is 5.28. The number of aromatic nitrogens is 2. The third-order valence-corrected chi connectivity index (χ3v) is 3.21. The van der Waals surface area contributed by atoms with Crippen LogP contribution in [0.5, 0.6) is 11.8 Å². The van der Waals surface area contributed by atoms with Crippen molar-refractivity contribution in [2.75, 3.05) is 19.1 Å². The van der Waals surface area contributed by atoms with Crippen molar-refractivity contribution < 1.29 is 22.6 Å². The van der Waals surface area contributed by atoms with E-state index in [4.69, 9.17) is 9.47 Å². The van der Waals surface area contributed by atoms with Gasteiger partial charge in [0.25, 0.3) is 0 Å². The molecular weight excluding hydrogens is 335 g/mol. The fraction of sp³-hybridized carbons (Fsp3) is 0.412. The van der Waals surface area contributed by atoms with Crippen molar-refractivity contribution >= 4 is 11.5 Å². The van der Waals surface area contributed by atoms with Crippen LogP contribution in [0.25, 0.3) is 0 Å². The van der Waals surface area contributed by atoms with Gasteiger partial charge < -0.3 is 14.4 Å². The summed E-state index contributed by atoms with van der Waals surface area (Å²) >= 11 is 0. The number of alkyl halides is 3. The van der Waals surface area contributed by atoms with Crippen molar-refractivity contribution in [3.63, 3.8) is 0 Å². The summed E-state index contributed by atoms with van der Waals surface area (Å²) < 4.78 is 50.9. The van der Waals surface area contributed by atoms with E-state index in [0.29, 0.717) is 11.4 Å². The molecule has 5 nitrogen and oxygen atoms in total. The maximum Gasteiger partial charge on any atom is 0.421 e. The molecule has 25 heavy (non-hydrogen) atoms. The number of halogens is 3. The molecule has 1 aromatic heterocycles. The van der Waals surface area contributed by atoms with Crippen LogP contribution in [0.15, 0.2) is 30.5 Å². The molecule has 1 heterocycles. The lowest BCUT2D eigenvalue weighted by atomic mass is 10.2. The zero-order valence-electron chi connectivity index (χ0n) is 14.7. The van der Waals surface area contributed by atoms with Crippen LogP contribution in [0.4, 0.5) is 24.7 Å². The van der Waals surface area contributed by atoms with Crippen LogP contribution in [-0.2, 0) is 6.18 Å². The van der Waals surface area contributed by atoms with Crippen LogP contribution in [0, 0.1) is 0 Å². The lowest BCUT2D eigenvalue weighted by Gasteiger charge is -2.25. The molecule has 0 atom stereocenters. The summed E-state index contributed by atoms with van der Waals surface area (Å²) in [5.74, 6) is 0.112. The molecule has 8 heteroatoms. The van der Waals surface area contributed by atoms with E-state index in [0.717, 1.165) is 6.20 Å². The Labute approximate surface area is 144 Å². The van der Waals surface area contributed by atoms with Crippen molar-refractivity contribution in [2.24, 2.45) is 0 Å². The normalized spacial score (nSPS) is 12.0. The highest BCUT2D eigenvalue weighted by Gasteiger charge is 2.37. The highest BCUT2D eigenvalue weighted by Crippen LogP contribution is 2.40. The smallest absolute Gasteiger partial charge is 0.421 e. The SMILES string of the molecule is COc1ccccc1N(C)c1nc(OC(C)(C)C)ncc1C(F)(F)F. The molecule has 0 unspecified atom stereocenters. The number of benzene rings is 1. The van der Waals surface area contributed by atoms with Crippen molar-refractivity contribution in [3.05, 3.63) is 36.0 Å². The van der Waals surface area contributed by atoms with Crippen LogP contribution in [0.3, 0.4) is 0 Å². The quantitative estimate of drug-likeness (QED) is 0.811. The molecular formula is C17H20F3N3O2. The number of ether oxygens (including phenoxy) is 2. The predicted octanol–water partition coefficient (Wildman–Crippen LogP) is 4.45. The first kappa shape index (κ1) is 18.8. The first-order valence-corrected chi connectivity index (χ1v) is 7.53. The minimum absolute atomic E-state index is 0.128. The van der Waals surface area contributed by atoms with Crippen molar-refractivity contribution in [1.82, 2.24) is 9.97 Å². The highest BCUT2D eigenvalue weighted by atomic mass is 19.4. The zero-order valence-corrected chi connectivity index (χ0v) is 14.7. The van der Waals surface area contributed by atoms with Gasteiger partial charge in [-0.05, 0) is 32.9 Å². The number of anilines is 2. The van der Waals surface area contributed by atoms with Gasteiger partial charge in [-0.2, -0.15) is 18.2 Å². The molecule has 136 valence electrons. The number of para-hydroxylation sites is 2. The Balaban J connectivity index is 2.57. The number of rotatable bonds is 4. The van der Waals surface area contributed by atoms with Crippen molar-refractivity contribution in [2.45, 2.75) is 32.5 Å². The maximum absolute atomic E-state index is 13.4. The molecule has 0 saturated carbocycles. The molecule has 1 aromatic carbocycles. The van der Waals surface area contributed by atoms with Crippen LogP contribution in [0.1, 0.15) is 26.3 Å². The number of methoxy groups -OCH3 is 1. The van der Waals surface area contributed by atoms with Gasteiger partial charge in [-0.15, -0.1) is 0 Å². The largest absolute Gasteiger partial charge is 0.495 e. The van der Waals surface area contributed by atoms with Crippen molar-refractivity contribution in [3.8, 4) is 11.8 Å². The average Bonchev–Trinajstić information content (AvgIpc) is 2.51. The maximum atomic E-state index is 13.4. The topological polar surface area (TPSA) is 47.5 Å². The molecule has 0 bridgehead atoms. The van der Waals surface area contributed by atoms with Crippen LogP contribution in [0.2, 0.25) is 0 Å². The Hall–Kier alpha value is -2.51. The molecule has 0 N–H and O–H groups in total. The lowest BCUT2D eigenvalue weighted by Crippen LogP contribution is -2.26. The number of hydrogen-bond acceptors (Lipinski definition) is 5. The standard InChI is InChI=1S/C17H20F3N3O2/c1-16(2,3)25-15-21-10-11(17(18,19)20)14(22-15)23(4)12-8-6-7-9-13(12)24-5/h6-10H,1-5H3. The summed E-state index contributed by atoms with van der Waals surface area (Å²) in [5, 5.41) is 0. The Morgan fingerprint density at radius 1 is 1.08 bits per heavy atom. The lowest BCUT2D eigenvalue weighted by molar-refractivity contribution is -0.137. The van der Waals surface area contributed by atoms with E-state index in [-0.39, 0.29) is 11.8 Å². The van der Waals surface area contributed by atoms with Gasteiger partial charge in [0, 0.05) is 13.2 Å². The fourth-order valence-corrected chi connectivity index (χ4v) is 2.16. The van der Waals surface area contributed by atoms with Crippen molar-refractivity contribution in [1.29, 1.82) is 0 Å². The Morgan fingerprint density at radius 2 is 1.72 bits per heavy atom. The van der Waals surface area contributed by atoms with E-state index in [2.05, 4.69) is 9.97 Å². The Kier molecular flexibility index (Phi) is 5.10. The molecule has 0 aliphatic rings. The third-order valence-electron chi connectivity index (χ3n) is 3.21. The summed E-state index contributed by atoms with van der Waals surface area (Å²) in [5.41, 5.74) is -1.15. The minimum Gasteiger partial charge on any atom is -0.495 e. The predicted molar refractivity (Wildman–Crippen MR) is 88.5 cm³/mol. The zero-order chi connectivity index (χ0) is 18.8. The fourth-order valence-electron chi connectivity index (χ4n) is 2.16. The molecule has 0 spiro atoms. The van der Waals surface area contributed by atoms with Gasteiger partial charge in [-0.25, -0.2) is 4.98 Å². The Morgan fingerprint density at radius 3 is 2.28 bits per heavy atom. The molecule has 2 rings (SSSR count). The monoisotopic (exact) mass is 355 g/mol. The summed E-state index contributed by atoms with van der Waals surface area (Å²) in [7, 11) is 2.93. The van der Waals surface area contributed by atoms with E-state index in [1.165, 1.54) is 19.1 Å². The Bertz CT molecular complexity index is 743. The van der Waals surface area contributed by atoms with E-state index in [9.17, 15) is 13.2 Å². The summed E-state index contributed by atoms with van der Waals surface area (Å²) in [6, 6.07) is 6.61. The second-order valence-corrected chi connectivity index (χ2v) is 6.33. The van der Waals surface area contributed by atoms with E-state index in [1.54, 1.807) is 45.0 Å². The van der Waals surface area contributed by atoms with Gasteiger partial charge in [0.15, 0.2) is 5.82 Å². The van der Waals surface area contributed by atoms with E-state index in [1.807, 2.05) is 0 Å². The second kappa shape index (κ2) is 6.78. The molecule has 0 radical (unpaired) electrons. The highest BCUT2D eigenvalue weighted by molar-refractivity contribution is 5.68. The van der Waals surface area contributed by atoms with Gasteiger partial charge in [-0.3, -0.25) is 0 Å². The minimum atomic E-state index is -4.61. The van der Waals surface area contributed by atoms with E-state index < -0.39 is 17.3 Å².